The van der Waals surface area contributed by atoms with E-state index in [1.807, 2.05) is 6.07 Å². The number of nitrogens with zero attached hydrogens (tertiary/aromatic N) is 1. The van der Waals surface area contributed by atoms with E-state index >= 15 is 0 Å². The first-order chi connectivity index (χ1) is 12.1. The van der Waals surface area contributed by atoms with Gasteiger partial charge in [0.2, 0.25) is 0 Å². The summed E-state index contributed by atoms with van der Waals surface area (Å²) >= 11 is 0. The predicted molar refractivity (Wildman–Crippen MR) is 103 cm³/mol. The Morgan fingerprint density at radius 2 is 1.84 bits per heavy atom. The molecule has 2 aromatic carbocycles. The number of anilines is 2. The van der Waals surface area contributed by atoms with E-state index in [-0.39, 0.29) is 0 Å². The molecule has 2 aromatic rings. The van der Waals surface area contributed by atoms with Gasteiger partial charge in [0, 0.05) is 35.7 Å². The molecule has 1 heterocycles. The summed E-state index contributed by atoms with van der Waals surface area (Å²) in [6, 6.07) is 10.2. The second-order valence-electron chi connectivity index (χ2n) is 6.23. The van der Waals surface area contributed by atoms with Crippen molar-refractivity contribution in [1.29, 1.82) is 0 Å². The summed E-state index contributed by atoms with van der Waals surface area (Å²) in [7, 11) is 3.21. The van der Waals surface area contributed by atoms with Gasteiger partial charge in [0.25, 0.3) is 0 Å². The first kappa shape index (κ1) is 17.0. The lowest BCUT2D eigenvalue weighted by Crippen LogP contribution is -2.29. The highest BCUT2D eigenvalue weighted by atomic mass is 16.5. The van der Waals surface area contributed by atoms with Gasteiger partial charge in [-0.1, -0.05) is 17.7 Å². The summed E-state index contributed by atoms with van der Waals surface area (Å²) in [5.74, 6) is 1.24. The van der Waals surface area contributed by atoms with Crippen LogP contribution in [0.25, 0.3) is 5.70 Å². The molecule has 5 nitrogen and oxygen atoms in total. The van der Waals surface area contributed by atoms with Crippen LogP contribution in [-0.4, -0.2) is 20.8 Å². The van der Waals surface area contributed by atoms with Gasteiger partial charge in [-0.05, 0) is 37.5 Å². The van der Waals surface area contributed by atoms with Gasteiger partial charge in [-0.3, -0.25) is 0 Å². The molecule has 0 fully saturated rings. The van der Waals surface area contributed by atoms with Crippen molar-refractivity contribution in [3.63, 3.8) is 0 Å². The van der Waals surface area contributed by atoms with Gasteiger partial charge in [-0.25, -0.2) is 0 Å². The molecule has 25 heavy (non-hydrogen) atoms. The molecule has 0 bridgehead atoms. The number of ether oxygens (including phenoxy) is 2. The summed E-state index contributed by atoms with van der Waals surface area (Å²) in [6.45, 7) is 3.01. The van der Waals surface area contributed by atoms with E-state index in [0.29, 0.717) is 17.2 Å². The van der Waals surface area contributed by atoms with Crippen LogP contribution in [0.2, 0.25) is 0 Å². The SMILES string of the molecule is COc1cc(N)c(/C(=C\N)N2CCCc3cc(C)ccc32)cc1OC. The van der Waals surface area contributed by atoms with Crippen LogP contribution in [-0.2, 0) is 6.42 Å². The Hall–Kier alpha value is -2.82. The van der Waals surface area contributed by atoms with E-state index in [4.69, 9.17) is 20.9 Å². The molecule has 0 amide bonds. The number of methoxy groups -OCH3 is 2. The third kappa shape index (κ3) is 3.09. The Morgan fingerprint density at radius 3 is 2.52 bits per heavy atom. The minimum atomic E-state index is 0.605. The fourth-order valence-electron chi connectivity index (χ4n) is 3.42. The van der Waals surface area contributed by atoms with Crippen molar-refractivity contribution in [1.82, 2.24) is 0 Å². The van der Waals surface area contributed by atoms with Gasteiger partial charge in [-0.2, -0.15) is 0 Å². The van der Waals surface area contributed by atoms with Gasteiger partial charge < -0.3 is 25.8 Å². The minimum Gasteiger partial charge on any atom is -0.493 e. The van der Waals surface area contributed by atoms with Gasteiger partial charge >= 0.3 is 0 Å². The molecule has 1 aliphatic heterocycles. The number of nitrogen functional groups attached to an aromatic ring is 1. The standard InChI is InChI=1S/C20H25N3O2/c1-13-6-7-17-14(9-13)5-4-8-23(17)18(12-21)15-10-19(24-2)20(25-3)11-16(15)22/h6-7,9-12H,4-5,8,21-22H2,1-3H3/b18-12+. The second-order valence-corrected chi connectivity index (χ2v) is 6.23. The highest BCUT2D eigenvalue weighted by molar-refractivity contribution is 5.87. The molecule has 0 radical (unpaired) electrons. The summed E-state index contributed by atoms with van der Waals surface area (Å²) in [5.41, 5.74) is 18.4. The smallest absolute Gasteiger partial charge is 0.162 e. The van der Waals surface area contributed by atoms with Crippen molar-refractivity contribution in [3.05, 3.63) is 53.2 Å². The molecule has 4 N–H and O–H groups in total. The fourth-order valence-corrected chi connectivity index (χ4v) is 3.42. The molecule has 0 saturated heterocycles. The van der Waals surface area contributed by atoms with E-state index in [9.17, 15) is 0 Å². The molecule has 0 saturated carbocycles. The summed E-state index contributed by atoms with van der Waals surface area (Å²) in [4.78, 5) is 2.23. The lowest BCUT2D eigenvalue weighted by molar-refractivity contribution is 0.355. The minimum absolute atomic E-state index is 0.605. The summed E-state index contributed by atoms with van der Waals surface area (Å²) in [6.07, 6.45) is 3.76. The monoisotopic (exact) mass is 339 g/mol. The Balaban J connectivity index is 2.09. The van der Waals surface area contributed by atoms with Crippen LogP contribution in [0.4, 0.5) is 11.4 Å². The van der Waals surface area contributed by atoms with Crippen LogP contribution in [0.1, 0.15) is 23.1 Å². The second kappa shape index (κ2) is 6.97. The first-order valence-corrected chi connectivity index (χ1v) is 8.40. The van der Waals surface area contributed by atoms with Crippen molar-refractivity contribution in [2.75, 3.05) is 31.4 Å². The van der Waals surface area contributed by atoms with Gasteiger partial charge in [0.1, 0.15) is 0 Å². The molecule has 0 spiro atoms. The number of hydrogen-bond donors (Lipinski definition) is 2. The molecule has 5 heteroatoms. The predicted octanol–water partition coefficient (Wildman–Crippen LogP) is 3.30. The van der Waals surface area contributed by atoms with Crippen LogP contribution in [0.15, 0.2) is 36.5 Å². The third-order valence-electron chi connectivity index (χ3n) is 4.63. The van der Waals surface area contributed by atoms with Crippen molar-refractivity contribution >= 4 is 17.1 Å². The van der Waals surface area contributed by atoms with E-state index in [0.717, 1.165) is 30.6 Å². The van der Waals surface area contributed by atoms with E-state index in [2.05, 4.69) is 30.0 Å². The highest BCUT2D eigenvalue weighted by Gasteiger charge is 2.23. The van der Waals surface area contributed by atoms with E-state index in [1.165, 1.54) is 16.8 Å². The van der Waals surface area contributed by atoms with Gasteiger partial charge in [-0.15, -0.1) is 0 Å². The quantitative estimate of drug-likeness (QED) is 0.836. The molecule has 132 valence electrons. The number of aryl methyl sites for hydroxylation is 2. The van der Waals surface area contributed by atoms with Crippen LogP contribution in [0.3, 0.4) is 0 Å². The largest absolute Gasteiger partial charge is 0.493 e. The number of benzene rings is 2. The van der Waals surface area contributed by atoms with Crippen molar-refractivity contribution < 1.29 is 9.47 Å². The topological polar surface area (TPSA) is 73.7 Å². The van der Waals surface area contributed by atoms with E-state index in [1.54, 1.807) is 26.5 Å². The van der Waals surface area contributed by atoms with Crippen LogP contribution in [0, 0.1) is 6.92 Å². The zero-order chi connectivity index (χ0) is 18.0. The molecule has 3 rings (SSSR count). The zero-order valence-corrected chi connectivity index (χ0v) is 15.0. The Kier molecular flexibility index (Phi) is 4.74. The van der Waals surface area contributed by atoms with E-state index < -0.39 is 0 Å². The van der Waals surface area contributed by atoms with Gasteiger partial charge in [0.05, 0.1) is 19.9 Å². The third-order valence-corrected chi connectivity index (χ3v) is 4.63. The lowest BCUT2D eigenvalue weighted by atomic mass is 9.97. The molecular weight excluding hydrogens is 314 g/mol. The maximum absolute atomic E-state index is 6.29. The van der Waals surface area contributed by atoms with Crippen molar-refractivity contribution in [3.8, 4) is 11.5 Å². The van der Waals surface area contributed by atoms with Crippen LogP contribution in [0.5, 0.6) is 11.5 Å². The Labute approximate surface area is 148 Å². The Morgan fingerprint density at radius 1 is 1.12 bits per heavy atom. The summed E-state index contributed by atoms with van der Waals surface area (Å²) in [5, 5.41) is 0. The lowest BCUT2D eigenvalue weighted by Gasteiger charge is -2.34. The molecule has 0 atom stereocenters. The molecule has 1 aliphatic rings. The van der Waals surface area contributed by atoms with Gasteiger partial charge in [0.15, 0.2) is 11.5 Å². The van der Waals surface area contributed by atoms with Crippen LogP contribution < -0.4 is 25.8 Å². The highest BCUT2D eigenvalue weighted by Crippen LogP contribution is 2.39. The zero-order valence-electron chi connectivity index (χ0n) is 15.0. The van der Waals surface area contributed by atoms with Crippen molar-refractivity contribution in [2.45, 2.75) is 19.8 Å². The molecular formula is C20H25N3O2. The maximum Gasteiger partial charge on any atom is 0.162 e. The maximum atomic E-state index is 6.29. The number of hydrogen-bond acceptors (Lipinski definition) is 5. The number of rotatable bonds is 4. The average Bonchev–Trinajstić information content (AvgIpc) is 2.63. The Bertz CT molecular complexity index is 815. The normalized spacial score (nSPS) is 14.2. The molecule has 0 aromatic heterocycles. The molecule has 0 aliphatic carbocycles. The first-order valence-electron chi connectivity index (χ1n) is 8.40. The average molecular weight is 339 g/mol. The fraction of sp³-hybridized carbons (Fsp3) is 0.300. The van der Waals surface area contributed by atoms with Crippen LogP contribution >= 0.6 is 0 Å². The number of nitrogens with two attached hydrogens (primary N) is 2. The molecule has 0 unspecified atom stereocenters. The van der Waals surface area contributed by atoms with Crippen molar-refractivity contribution in [2.24, 2.45) is 5.73 Å². The summed E-state index contributed by atoms with van der Waals surface area (Å²) < 4.78 is 10.8. The number of fused-ring (bicyclic) bond motifs is 1.